The number of hydrogen-bond donors (Lipinski definition) is 1. The van der Waals surface area contributed by atoms with E-state index < -0.39 is 0 Å². The molecule has 0 bridgehead atoms. The van der Waals surface area contributed by atoms with Gasteiger partial charge in [-0.25, -0.2) is 0 Å². The molecule has 3 heteroatoms. The molecule has 1 aliphatic heterocycles. The summed E-state index contributed by atoms with van der Waals surface area (Å²) in [5.74, 6) is 0. The summed E-state index contributed by atoms with van der Waals surface area (Å²) in [5, 5.41) is 3.75. The van der Waals surface area contributed by atoms with Gasteiger partial charge < -0.3 is 10.1 Å². The summed E-state index contributed by atoms with van der Waals surface area (Å²) >= 11 is 0. The molecule has 112 valence electrons. The lowest BCUT2D eigenvalue weighted by Crippen LogP contribution is -2.62. The Morgan fingerprint density at radius 3 is 2.70 bits per heavy atom. The van der Waals surface area contributed by atoms with Crippen LogP contribution >= 0.6 is 0 Å². The second kappa shape index (κ2) is 6.70. The van der Waals surface area contributed by atoms with Gasteiger partial charge in [-0.3, -0.25) is 4.90 Å². The standard InChI is InChI=1S/C17H28N2O/c1-5-16-11-18-17(3,15-9-7-6-8-10-15)13-19(16)12-14(2)20-4/h6-10,14,16,18H,5,11-13H2,1-4H3. The lowest BCUT2D eigenvalue weighted by Gasteiger charge is -2.47. The smallest absolute Gasteiger partial charge is 0.0670 e. The first-order valence-corrected chi connectivity index (χ1v) is 7.66. The molecule has 1 heterocycles. The quantitative estimate of drug-likeness (QED) is 0.895. The van der Waals surface area contributed by atoms with Gasteiger partial charge in [0.05, 0.1) is 11.6 Å². The molecule has 3 unspecified atom stereocenters. The fourth-order valence-electron chi connectivity index (χ4n) is 3.08. The zero-order valence-corrected chi connectivity index (χ0v) is 13.2. The second-order valence-corrected chi connectivity index (χ2v) is 6.12. The van der Waals surface area contributed by atoms with Crippen molar-refractivity contribution in [3.63, 3.8) is 0 Å². The van der Waals surface area contributed by atoms with Gasteiger partial charge in [0, 0.05) is 32.8 Å². The Morgan fingerprint density at radius 1 is 1.40 bits per heavy atom. The number of nitrogens with zero attached hydrogens (tertiary/aromatic N) is 1. The number of nitrogens with one attached hydrogen (secondary N) is 1. The van der Waals surface area contributed by atoms with E-state index in [9.17, 15) is 0 Å². The van der Waals surface area contributed by atoms with Crippen LogP contribution in [0.4, 0.5) is 0 Å². The van der Waals surface area contributed by atoms with E-state index in [0.29, 0.717) is 6.04 Å². The SMILES string of the molecule is CCC1CNC(C)(c2ccccc2)CN1CC(C)OC. The molecule has 1 saturated heterocycles. The Kier molecular flexibility index (Phi) is 5.19. The minimum Gasteiger partial charge on any atom is -0.380 e. The van der Waals surface area contributed by atoms with Crippen molar-refractivity contribution >= 4 is 0 Å². The van der Waals surface area contributed by atoms with E-state index in [0.717, 1.165) is 19.6 Å². The van der Waals surface area contributed by atoms with Crippen molar-refractivity contribution in [3.05, 3.63) is 35.9 Å². The van der Waals surface area contributed by atoms with Crippen LogP contribution in [0.5, 0.6) is 0 Å². The molecule has 0 spiro atoms. The van der Waals surface area contributed by atoms with Gasteiger partial charge >= 0.3 is 0 Å². The van der Waals surface area contributed by atoms with Crippen molar-refractivity contribution in [1.29, 1.82) is 0 Å². The van der Waals surface area contributed by atoms with Gasteiger partial charge in [0.1, 0.15) is 0 Å². The Balaban J connectivity index is 2.14. The highest BCUT2D eigenvalue weighted by Crippen LogP contribution is 2.27. The molecule has 0 saturated carbocycles. The van der Waals surface area contributed by atoms with Gasteiger partial charge in [-0.1, -0.05) is 37.3 Å². The minimum absolute atomic E-state index is 0.0282. The van der Waals surface area contributed by atoms with E-state index >= 15 is 0 Å². The molecule has 3 nitrogen and oxygen atoms in total. The van der Waals surface area contributed by atoms with Crippen LogP contribution in [0.15, 0.2) is 30.3 Å². The van der Waals surface area contributed by atoms with Crippen molar-refractivity contribution in [2.24, 2.45) is 0 Å². The average Bonchev–Trinajstić information content (AvgIpc) is 2.48. The van der Waals surface area contributed by atoms with Crippen molar-refractivity contribution in [1.82, 2.24) is 10.2 Å². The van der Waals surface area contributed by atoms with E-state index in [1.54, 1.807) is 7.11 Å². The summed E-state index contributed by atoms with van der Waals surface area (Å²) in [6.07, 6.45) is 1.45. The summed E-state index contributed by atoms with van der Waals surface area (Å²) in [6, 6.07) is 11.4. The lowest BCUT2D eigenvalue weighted by atomic mass is 9.87. The Morgan fingerprint density at radius 2 is 2.10 bits per heavy atom. The van der Waals surface area contributed by atoms with Gasteiger partial charge in [0.25, 0.3) is 0 Å². The van der Waals surface area contributed by atoms with Crippen LogP contribution in [0.2, 0.25) is 0 Å². The molecule has 0 aromatic heterocycles. The molecule has 0 radical (unpaired) electrons. The van der Waals surface area contributed by atoms with Gasteiger partial charge in [0.15, 0.2) is 0 Å². The van der Waals surface area contributed by atoms with Crippen molar-refractivity contribution < 1.29 is 4.74 Å². The number of benzene rings is 1. The Labute approximate surface area is 123 Å². The van der Waals surface area contributed by atoms with Crippen LogP contribution in [0.25, 0.3) is 0 Å². The molecule has 20 heavy (non-hydrogen) atoms. The van der Waals surface area contributed by atoms with Gasteiger partial charge in [0.2, 0.25) is 0 Å². The molecule has 3 atom stereocenters. The first kappa shape index (κ1) is 15.5. The maximum atomic E-state index is 5.46. The normalized spacial score (nSPS) is 29.3. The number of methoxy groups -OCH3 is 1. The monoisotopic (exact) mass is 276 g/mol. The first-order chi connectivity index (χ1) is 9.59. The highest BCUT2D eigenvalue weighted by molar-refractivity contribution is 5.25. The zero-order valence-electron chi connectivity index (χ0n) is 13.2. The largest absolute Gasteiger partial charge is 0.380 e. The fourth-order valence-corrected chi connectivity index (χ4v) is 3.08. The number of rotatable bonds is 5. The summed E-state index contributed by atoms with van der Waals surface area (Å²) in [7, 11) is 1.80. The molecule has 2 rings (SSSR count). The van der Waals surface area contributed by atoms with Crippen LogP contribution in [0.3, 0.4) is 0 Å². The lowest BCUT2D eigenvalue weighted by molar-refractivity contribution is 0.0221. The highest BCUT2D eigenvalue weighted by atomic mass is 16.5. The predicted octanol–water partition coefficient (Wildman–Crippen LogP) is 2.62. The predicted molar refractivity (Wildman–Crippen MR) is 83.9 cm³/mol. The van der Waals surface area contributed by atoms with Crippen molar-refractivity contribution in [2.45, 2.75) is 44.9 Å². The molecule has 1 N–H and O–H groups in total. The summed E-state index contributed by atoms with van der Waals surface area (Å²) < 4.78 is 5.46. The molecular formula is C17H28N2O. The van der Waals surface area contributed by atoms with E-state index in [1.165, 1.54) is 12.0 Å². The Bertz CT molecular complexity index is 409. The average molecular weight is 276 g/mol. The third-order valence-electron chi connectivity index (χ3n) is 4.54. The maximum Gasteiger partial charge on any atom is 0.0670 e. The van der Waals surface area contributed by atoms with Crippen molar-refractivity contribution in [3.8, 4) is 0 Å². The molecular weight excluding hydrogens is 248 g/mol. The Hall–Kier alpha value is -0.900. The molecule has 1 fully saturated rings. The van der Waals surface area contributed by atoms with Crippen molar-refractivity contribution in [2.75, 3.05) is 26.7 Å². The van der Waals surface area contributed by atoms with E-state index in [2.05, 4.69) is 61.3 Å². The maximum absolute atomic E-state index is 5.46. The topological polar surface area (TPSA) is 24.5 Å². The van der Waals surface area contributed by atoms with Crippen LogP contribution in [-0.4, -0.2) is 43.8 Å². The molecule has 0 amide bonds. The minimum atomic E-state index is 0.0282. The summed E-state index contributed by atoms with van der Waals surface area (Å²) in [4.78, 5) is 2.58. The van der Waals surface area contributed by atoms with Gasteiger partial charge in [-0.05, 0) is 25.8 Å². The van der Waals surface area contributed by atoms with Crippen LogP contribution in [0.1, 0.15) is 32.8 Å². The number of piperazine rings is 1. The number of hydrogen-bond acceptors (Lipinski definition) is 3. The summed E-state index contributed by atoms with van der Waals surface area (Å²) in [5.41, 5.74) is 1.39. The van der Waals surface area contributed by atoms with Crippen LogP contribution in [0, 0.1) is 0 Å². The first-order valence-electron chi connectivity index (χ1n) is 7.66. The van der Waals surface area contributed by atoms with E-state index in [4.69, 9.17) is 4.74 Å². The molecule has 1 aliphatic rings. The zero-order chi connectivity index (χ0) is 14.6. The molecule has 0 aliphatic carbocycles. The highest BCUT2D eigenvalue weighted by Gasteiger charge is 2.36. The summed E-state index contributed by atoms with van der Waals surface area (Å²) in [6.45, 7) is 9.79. The van der Waals surface area contributed by atoms with E-state index in [1.807, 2.05) is 0 Å². The second-order valence-electron chi connectivity index (χ2n) is 6.12. The van der Waals surface area contributed by atoms with Crippen LogP contribution in [-0.2, 0) is 10.3 Å². The number of ether oxygens (including phenoxy) is 1. The third-order valence-corrected chi connectivity index (χ3v) is 4.54. The third kappa shape index (κ3) is 3.40. The van der Waals surface area contributed by atoms with E-state index in [-0.39, 0.29) is 11.6 Å². The fraction of sp³-hybridized carbons (Fsp3) is 0.647. The van der Waals surface area contributed by atoms with Gasteiger partial charge in [-0.2, -0.15) is 0 Å². The molecule has 1 aromatic carbocycles. The molecule has 1 aromatic rings. The van der Waals surface area contributed by atoms with Gasteiger partial charge in [-0.15, -0.1) is 0 Å². The van der Waals surface area contributed by atoms with Crippen LogP contribution < -0.4 is 5.32 Å².